The Balaban J connectivity index is 2.56. The van der Waals surface area contributed by atoms with Crippen molar-refractivity contribution in [3.63, 3.8) is 0 Å². The molecule has 0 amide bonds. The van der Waals surface area contributed by atoms with Crippen LogP contribution in [-0.4, -0.2) is 12.3 Å². The second-order valence-electron chi connectivity index (χ2n) is 2.92. The number of carbonyl (C=O) groups excluding carboxylic acids is 1. The number of hydrogen-bond donors (Lipinski definition) is 1. The monoisotopic (exact) mass is 209 g/mol. The standard InChI is InChI=1S/C10H8FNOS/c11-7-2-1-6-3-10(8(13)5-12)14-9(6)4-7/h1-4H,5,12H2. The molecule has 0 bridgehead atoms. The predicted molar refractivity (Wildman–Crippen MR) is 55.2 cm³/mol. The third-order valence-corrected chi connectivity index (χ3v) is 3.08. The fourth-order valence-corrected chi connectivity index (χ4v) is 2.28. The van der Waals surface area contributed by atoms with Gasteiger partial charge in [-0.15, -0.1) is 11.3 Å². The highest BCUT2D eigenvalue weighted by molar-refractivity contribution is 7.20. The van der Waals surface area contributed by atoms with E-state index in [0.717, 1.165) is 10.1 Å². The molecular formula is C10H8FNOS. The lowest BCUT2D eigenvalue weighted by atomic mass is 10.2. The Bertz CT molecular complexity index is 492. The van der Waals surface area contributed by atoms with Crippen molar-refractivity contribution in [3.05, 3.63) is 35.0 Å². The summed E-state index contributed by atoms with van der Waals surface area (Å²) in [6.45, 7) is -0.00466. The number of thiophene rings is 1. The Kier molecular flexibility index (Phi) is 2.31. The van der Waals surface area contributed by atoms with Gasteiger partial charge in [0.05, 0.1) is 11.4 Å². The summed E-state index contributed by atoms with van der Waals surface area (Å²) in [5.74, 6) is -0.391. The molecule has 2 aromatic rings. The van der Waals surface area contributed by atoms with Gasteiger partial charge in [0, 0.05) is 4.70 Å². The third kappa shape index (κ3) is 1.54. The largest absolute Gasteiger partial charge is 0.324 e. The summed E-state index contributed by atoms with van der Waals surface area (Å²) in [4.78, 5) is 11.9. The molecule has 0 saturated carbocycles. The van der Waals surface area contributed by atoms with Crippen molar-refractivity contribution in [1.29, 1.82) is 0 Å². The molecule has 0 spiro atoms. The summed E-state index contributed by atoms with van der Waals surface area (Å²) in [7, 11) is 0. The molecule has 14 heavy (non-hydrogen) atoms. The normalized spacial score (nSPS) is 10.7. The lowest BCUT2D eigenvalue weighted by molar-refractivity contribution is 0.101. The van der Waals surface area contributed by atoms with E-state index in [4.69, 9.17) is 5.73 Å². The number of fused-ring (bicyclic) bond motifs is 1. The Labute approximate surface area is 84.2 Å². The van der Waals surface area contributed by atoms with Gasteiger partial charge in [0.25, 0.3) is 0 Å². The number of benzene rings is 1. The van der Waals surface area contributed by atoms with Crippen molar-refractivity contribution in [2.75, 3.05) is 6.54 Å². The summed E-state index contributed by atoms with van der Waals surface area (Å²) in [5.41, 5.74) is 5.24. The molecule has 1 aromatic carbocycles. The molecule has 4 heteroatoms. The average Bonchev–Trinajstić information content (AvgIpc) is 2.59. The Hall–Kier alpha value is -1.26. The number of carbonyl (C=O) groups is 1. The smallest absolute Gasteiger partial charge is 0.186 e. The van der Waals surface area contributed by atoms with Crippen LogP contribution in [0, 0.1) is 5.82 Å². The molecule has 0 fully saturated rings. The van der Waals surface area contributed by atoms with E-state index in [1.54, 1.807) is 12.1 Å². The fourth-order valence-electron chi connectivity index (χ4n) is 1.24. The van der Waals surface area contributed by atoms with Crippen molar-refractivity contribution >= 4 is 27.2 Å². The van der Waals surface area contributed by atoms with Crippen LogP contribution >= 0.6 is 11.3 Å². The number of Topliss-reactive ketones (excluding diaryl/α,β-unsaturated/α-hetero) is 1. The predicted octanol–water partition coefficient (Wildman–Crippen LogP) is 2.18. The van der Waals surface area contributed by atoms with E-state index in [0.29, 0.717) is 4.88 Å². The molecule has 2 rings (SSSR count). The highest BCUT2D eigenvalue weighted by atomic mass is 32.1. The van der Waals surface area contributed by atoms with Gasteiger partial charge in [-0.25, -0.2) is 4.39 Å². The number of ketones is 1. The molecule has 1 aromatic heterocycles. The van der Waals surface area contributed by atoms with Crippen LogP contribution < -0.4 is 5.73 Å². The van der Waals surface area contributed by atoms with E-state index in [1.807, 2.05) is 0 Å². The molecule has 0 unspecified atom stereocenters. The summed E-state index contributed by atoms with van der Waals surface area (Å²) < 4.78 is 13.6. The second-order valence-corrected chi connectivity index (χ2v) is 4.00. The SMILES string of the molecule is NCC(=O)c1cc2ccc(F)cc2s1. The minimum Gasteiger partial charge on any atom is -0.324 e. The zero-order valence-corrected chi connectivity index (χ0v) is 8.10. The van der Waals surface area contributed by atoms with Gasteiger partial charge in [-0.05, 0) is 23.6 Å². The lowest BCUT2D eigenvalue weighted by Crippen LogP contribution is -2.11. The molecule has 2 N–H and O–H groups in total. The summed E-state index contributed by atoms with van der Waals surface area (Å²) in [6.07, 6.45) is 0. The quantitative estimate of drug-likeness (QED) is 0.770. The maximum Gasteiger partial charge on any atom is 0.186 e. The van der Waals surface area contributed by atoms with Gasteiger partial charge in [0.2, 0.25) is 0 Å². The van der Waals surface area contributed by atoms with Crippen LogP contribution in [0.1, 0.15) is 9.67 Å². The Morgan fingerprint density at radius 3 is 2.93 bits per heavy atom. The first kappa shape index (κ1) is 9.30. The average molecular weight is 209 g/mol. The molecule has 0 atom stereocenters. The van der Waals surface area contributed by atoms with Crippen LogP contribution in [0.4, 0.5) is 4.39 Å². The molecule has 72 valence electrons. The maximum atomic E-state index is 12.8. The van der Waals surface area contributed by atoms with E-state index in [1.165, 1.54) is 23.5 Å². The highest BCUT2D eigenvalue weighted by Crippen LogP contribution is 2.26. The third-order valence-electron chi connectivity index (χ3n) is 1.94. The molecule has 1 heterocycles. The van der Waals surface area contributed by atoms with E-state index in [-0.39, 0.29) is 18.1 Å². The Morgan fingerprint density at radius 1 is 1.43 bits per heavy atom. The van der Waals surface area contributed by atoms with Gasteiger partial charge >= 0.3 is 0 Å². The van der Waals surface area contributed by atoms with Gasteiger partial charge in [0.15, 0.2) is 5.78 Å². The summed E-state index contributed by atoms with van der Waals surface area (Å²) >= 11 is 1.27. The van der Waals surface area contributed by atoms with Crippen molar-refractivity contribution in [2.45, 2.75) is 0 Å². The topological polar surface area (TPSA) is 43.1 Å². The van der Waals surface area contributed by atoms with Crippen LogP contribution in [0.3, 0.4) is 0 Å². The van der Waals surface area contributed by atoms with Crippen molar-refractivity contribution in [1.82, 2.24) is 0 Å². The molecule has 0 saturated heterocycles. The fraction of sp³-hybridized carbons (Fsp3) is 0.100. The van der Waals surface area contributed by atoms with Gasteiger partial charge in [-0.1, -0.05) is 6.07 Å². The van der Waals surface area contributed by atoms with Gasteiger partial charge in [-0.3, -0.25) is 4.79 Å². The van der Waals surface area contributed by atoms with Crippen molar-refractivity contribution in [2.24, 2.45) is 5.73 Å². The minimum absolute atomic E-state index is 0.00466. The Morgan fingerprint density at radius 2 is 2.21 bits per heavy atom. The first-order chi connectivity index (χ1) is 6.70. The molecular weight excluding hydrogens is 201 g/mol. The van der Waals surface area contributed by atoms with E-state index in [2.05, 4.69) is 0 Å². The van der Waals surface area contributed by atoms with E-state index in [9.17, 15) is 9.18 Å². The molecule has 2 nitrogen and oxygen atoms in total. The number of rotatable bonds is 2. The maximum absolute atomic E-state index is 12.8. The van der Waals surface area contributed by atoms with Crippen LogP contribution in [0.25, 0.3) is 10.1 Å². The first-order valence-corrected chi connectivity index (χ1v) is 4.95. The number of nitrogens with two attached hydrogens (primary N) is 1. The molecule has 0 aliphatic rings. The highest BCUT2D eigenvalue weighted by Gasteiger charge is 2.08. The minimum atomic E-state index is -0.286. The van der Waals surface area contributed by atoms with Gasteiger partial charge < -0.3 is 5.73 Å². The molecule has 0 radical (unpaired) electrons. The van der Waals surface area contributed by atoms with Crippen LogP contribution in [0.2, 0.25) is 0 Å². The zero-order valence-electron chi connectivity index (χ0n) is 7.29. The number of halogens is 1. The van der Waals surface area contributed by atoms with Gasteiger partial charge in [0.1, 0.15) is 5.82 Å². The zero-order chi connectivity index (χ0) is 10.1. The van der Waals surface area contributed by atoms with E-state index < -0.39 is 0 Å². The second kappa shape index (κ2) is 3.48. The van der Waals surface area contributed by atoms with Crippen LogP contribution in [0.15, 0.2) is 24.3 Å². The first-order valence-electron chi connectivity index (χ1n) is 4.13. The molecule has 0 aliphatic carbocycles. The van der Waals surface area contributed by atoms with Crippen molar-refractivity contribution < 1.29 is 9.18 Å². The summed E-state index contributed by atoms with van der Waals surface area (Å²) in [6, 6.07) is 6.21. The lowest BCUT2D eigenvalue weighted by Gasteiger charge is -1.87. The van der Waals surface area contributed by atoms with Gasteiger partial charge in [-0.2, -0.15) is 0 Å². The summed E-state index contributed by atoms with van der Waals surface area (Å²) in [5, 5.41) is 0.883. The van der Waals surface area contributed by atoms with Crippen molar-refractivity contribution in [3.8, 4) is 0 Å². The molecule has 0 aliphatic heterocycles. The van der Waals surface area contributed by atoms with Crippen LogP contribution in [-0.2, 0) is 0 Å². The van der Waals surface area contributed by atoms with E-state index >= 15 is 0 Å². The number of hydrogen-bond acceptors (Lipinski definition) is 3. The van der Waals surface area contributed by atoms with Crippen LogP contribution in [0.5, 0.6) is 0 Å².